The molecule has 1 aromatic carbocycles. The maximum Gasteiger partial charge on any atom is 0.534 e. The standard InChI is InChI=1S/C26H33F6NO7S/c1-12(2)16-7-6-13(3)10-19(16)39-23(35)21(34)20-14(4)17-8-9-33(24(36)25(27,28)29)11-18(17)15(5)22(20)40-41(37,38)26(30,31)32/h12-13,16,19,21,34H,6-11H2,1-5H3/t13-,16+,19-,21?/m1/s1. The number of ether oxygens (including phenoxy) is 1. The third-order valence-corrected chi connectivity index (χ3v) is 8.92. The summed E-state index contributed by atoms with van der Waals surface area (Å²) in [5, 5.41) is 11.1. The van der Waals surface area contributed by atoms with Crippen LogP contribution in [0.3, 0.4) is 0 Å². The Balaban J connectivity index is 2.11. The maximum atomic E-state index is 13.3. The molecular weight excluding hydrogens is 584 g/mol. The third-order valence-electron chi connectivity index (χ3n) is 7.97. The highest BCUT2D eigenvalue weighted by Crippen LogP contribution is 2.43. The summed E-state index contributed by atoms with van der Waals surface area (Å²) in [4.78, 5) is 25.5. The van der Waals surface area contributed by atoms with E-state index in [1.54, 1.807) is 0 Å². The van der Waals surface area contributed by atoms with Gasteiger partial charge in [-0.2, -0.15) is 34.8 Å². The molecule has 1 aliphatic carbocycles. The van der Waals surface area contributed by atoms with E-state index in [0.717, 1.165) is 19.8 Å². The van der Waals surface area contributed by atoms with E-state index in [2.05, 4.69) is 4.18 Å². The van der Waals surface area contributed by atoms with Gasteiger partial charge < -0.3 is 18.9 Å². The summed E-state index contributed by atoms with van der Waals surface area (Å²) in [5.74, 6) is -4.20. The summed E-state index contributed by atoms with van der Waals surface area (Å²) in [5.41, 5.74) is -6.75. The van der Waals surface area contributed by atoms with Gasteiger partial charge in [-0.05, 0) is 73.1 Å². The van der Waals surface area contributed by atoms with Crippen LogP contribution in [0.2, 0.25) is 0 Å². The number of hydrogen-bond acceptors (Lipinski definition) is 7. The quantitative estimate of drug-likeness (QED) is 0.207. The van der Waals surface area contributed by atoms with Gasteiger partial charge in [0.2, 0.25) is 0 Å². The first-order chi connectivity index (χ1) is 18.7. The van der Waals surface area contributed by atoms with Gasteiger partial charge in [0.15, 0.2) is 11.9 Å². The first-order valence-corrected chi connectivity index (χ1v) is 14.5. The normalized spacial score (nSPS) is 22.8. The van der Waals surface area contributed by atoms with Crippen LogP contribution in [0.15, 0.2) is 0 Å². The Labute approximate surface area is 234 Å². The molecule has 1 aliphatic heterocycles. The lowest BCUT2D eigenvalue weighted by atomic mass is 9.75. The van der Waals surface area contributed by atoms with Crippen molar-refractivity contribution in [2.45, 2.75) is 90.7 Å². The van der Waals surface area contributed by atoms with Crippen molar-refractivity contribution >= 4 is 22.0 Å². The number of hydrogen-bond donors (Lipinski definition) is 1. The number of esters is 1. The lowest BCUT2D eigenvalue weighted by Gasteiger charge is -2.37. The molecule has 0 aromatic heterocycles. The first kappa shape index (κ1) is 33.0. The summed E-state index contributed by atoms with van der Waals surface area (Å²) in [6.45, 7) is 7.08. The molecule has 15 heteroatoms. The minimum absolute atomic E-state index is 0.0489. The number of benzene rings is 1. The van der Waals surface area contributed by atoms with E-state index in [1.807, 2.05) is 20.8 Å². The van der Waals surface area contributed by atoms with Crippen molar-refractivity contribution in [2.75, 3.05) is 6.54 Å². The second kappa shape index (κ2) is 11.6. The summed E-state index contributed by atoms with van der Waals surface area (Å²) in [7, 11) is -6.33. The molecule has 1 heterocycles. The molecule has 0 radical (unpaired) electrons. The molecule has 1 unspecified atom stereocenters. The van der Waals surface area contributed by atoms with Crippen LogP contribution in [0.4, 0.5) is 26.3 Å². The van der Waals surface area contributed by atoms with Gasteiger partial charge in [0.05, 0.1) is 0 Å². The molecule has 0 saturated heterocycles. The smallest absolute Gasteiger partial charge is 0.460 e. The van der Waals surface area contributed by atoms with Crippen molar-refractivity contribution in [3.63, 3.8) is 0 Å². The maximum absolute atomic E-state index is 13.3. The second-order valence-corrected chi connectivity index (χ2v) is 12.6. The second-order valence-electron chi connectivity index (χ2n) is 11.1. The SMILES string of the molecule is Cc1c2c(c(C)c(C(O)C(=O)O[C@@H]3C[C@H](C)CC[C@H]3C(C)C)c1OS(=O)(=O)C(F)(F)F)CCN(C(=O)C(F)(F)F)C2. The molecule has 1 N–H and O–H groups in total. The average molecular weight is 618 g/mol. The molecule has 1 fully saturated rings. The van der Waals surface area contributed by atoms with Gasteiger partial charge in [0.25, 0.3) is 0 Å². The van der Waals surface area contributed by atoms with E-state index in [-0.39, 0.29) is 46.4 Å². The van der Waals surface area contributed by atoms with Crippen molar-refractivity contribution in [3.05, 3.63) is 27.8 Å². The zero-order chi connectivity index (χ0) is 31.2. The molecule has 3 rings (SSSR count). The van der Waals surface area contributed by atoms with Crippen LogP contribution >= 0.6 is 0 Å². The van der Waals surface area contributed by atoms with Crippen LogP contribution in [-0.4, -0.2) is 54.6 Å². The van der Waals surface area contributed by atoms with Crippen LogP contribution in [-0.2, 0) is 37.4 Å². The number of alkyl halides is 6. The van der Waals surface area contributed by atoms with Gasteiger partial charge in [-0.1, -0.05) is 27.2 Å². The topological polar surface area (TPSA) is 110 Å². The number of aliphatic hydroxyl groups excluding tert-OH is 1. The number of carbonyl (C=O) groups excluding carboxylic acids is 2. The molecule has 232 valence electrons. The highest BCUT2D eigenvalue weighted by atomic mass is 32.2. The van der Waals surface area contributed by atoms with Crippen molar-refractivity contribution in [2.24, 2.45) is 17.8 Å². The Morgan fingerprint density at radius 2 is 1.63 bits per heavy atom. The zero-order valence-electron chi connectivity index (χ0n) is 23.1. The van der Waals surface area contributed by atoms with E-state index >= 15 is 0 Å². The van der Waals surface area contributed by atoms with Crippen LogP contribution in [0.1, 0.15) is 74.0 Å². The van der Waals surface area contributed by atoms with Crippen LogP contribution in [0, 0.1) is 31.6 Å². The van der Waals surface area contributed by atoms with Crippen LogP contribution in [0.5, 0.6) is 5.75 Å². The largest absolute Gasteiger partial charge is 0.534 e. The summed E-state index contributed by atoms with van der Waals surface area (Å²) < 4.78 is 113. The monoisotopic (exact) mass is 617 g/mol. The lowest BCUT2D eigenvalue weighted by molar-refractivity contribution is -0.186. The number of nitrogens with zero attached hydrogens (tertiary/aromatic N) is 1. The van der Waals surface area contributed by atoms with Crippen LogP contribution < -0.4 is 4.18 Å². The third kappa shape index (κ3) is 6.76. The van der Waals surface area contributed by atoms with Gasteiger partial charge in [0, 0.05) is 18.7 Å². The van der Waals surface area contributed by atoms with E-state index in [4.69, 9.17) is 4.74 Å². The van der Waals surface area contributed by atoms with E-state index in [9.17, 15) is 49.5 Å². The summed E-state index contributed by atoms with van der Waals surface area (Å²) >= 11 is 0. The van der Waals surface area contributed by atoms with Crippen molar-refractivity contribution in [1.82, 2.24) is 4.90 Å². The number of halogens is 6. The number of amides is 1. The molecule has 0 spiro atoms. The molecule has 0 bridgehead atoms. The minimum atomic E-state index is -6.33. The predicted octanol–water partition coefficient (Wildman–Crippen LogP) is 5.02. The average Bonchev–Trinajstić information content (AvgIpc) is 2.84. The number of rotatable bonds is 6. The highest BCUT2D eigenvalue weighted by molar-refractivity contribution is 7.88. The molecule has 4 atom stereocenters. The molecule has 8 nitrogen and oxygen atoms in total. The van der Waals surface area contributed by atoms with Gasteiger partial charge in [-0.25, -0.2) is 4.79 Å². The van der Waals surface area contributed by atoms with Gasteiger partial charge in [0.1, 0.15) is 6.10 Å². The van der Waals surface area contributed by atoms with Gasteiger partial charge in [-0.3, -0.25) is 4.79 Å². The van der Waals surface area contributed by atoms with Gasteiger partial charge in [-0.15, -0.1) is 0 Å². The molecule has 1 amide bonds. The Bertz CT molecular complexity index is 1290. The number of fused-ring (bicyclic) bond motifs is 1. The van der Waals surface area contributed by atoms with E-state index in [0.29, 0.717) is 11.3 Å². The fourth-order valence-electron chi connectivity index (χ4n) is 5.72. The fourth-order valence-corrected chi connectivity index (χ4v) is 6.25. The van der Waals surface area contributed by atoms with Crippen LogP contribution in [0.25, 0.3) is 0 Å². The Morgan fingerprint density at radius 3 is 2.17 bits per heavy atom. The highest BCUT2D eigenvalue weighted by Gasteiger charge is 2.50. The molecule has 2 aliphatic rings. The first-order valence-electron chi connectivity index (χ1n) is 13.1. The van der Waals surface area contributed by atoms with E-state index in [1.165, 1.54) is 6.92 Å². The van der Waals surface area contributed by atoms with E-state index < -0.39 is 70.3 Å². The minimum Gasteiger partial charge on any atom is -0.460 e. The predicted molar refractivity (Wildman–Crippen MR) is 133 cm³/mol. The van der Waals surface area contributed by atoms with Crippen molar-refractivity contribution < 1.29 is 58.4 Å². The molecule has 41 heavy (non-hydrogen) atoms. The molecule has 1 saturated carbocycles. The molecule has 1 aromatic rings. The fraction of sp³-hybridized carbons (Fsp3) is 0.692. The Hall–Kier alpha value is -2.55. The summed E-state index contributed by atoms with van der Waals surface area (Å²) in [6, 6.07) is 0. The number of carbonyl (C=O) groups is 2. The Morgan fingerprint density at radius 1 is 1.02 bits per heavy atom. The lowest BCUT2D eigenvalue weighted by Crippen LogP contribution is -2.44. The molecular formula is C26H33F6NO7S. The Kier molecular flexibility index (Phi) is 9.34. The van der Waals surface area contributed by atoms with Gasteiger partial charge >= 0.3 is 33.7 Å². The van der Waals surface area contributed by atoms with Crippen molar-refractivity contribution in [3.8, 4) is 5.75 Å². The van der Waals surface area contributed by atoms with Crippen molar-refractivity contribution in [1.29, 1.82) is 0 Å². The number of aliphatic hydroxyl groups is 1. The summed E-state index contributed by atoms with van der Waals surface area (Å²) in [6.07, 6.45) is -6.18. The zero-order valence-corrected chi connectivity index (χ0v) is 24.0.